The largest absolute Gasteiger partial charge is 0.488 e. The van der Waals surface area contributed by atoms with Crippen molar-refractivity contribution < 1.29 is 19.6 Å². The minimum atomic E-state index is -1.52. The van der Waals surface area contributed by atoms with Crippen LogP contribution >= 0.6 is 0 Å². The average Bonchev–Trinajstić information content (AvgIpc) is 3.18. The first-order valence-corrected chi connectivity index (χ1v) is 11.0. The Bertz CT molecular complexity index is 1400. The number of nitrogens with zero attached hydrogens (tertiary/aromatic N) is 3. The second-order valence-corrected chi connectivity index (χ2v) is 8.31. The van der Waals surface area contributed by atoms with E-state index in [1.807, 2.05) is 25.3 Å². The van der Waals surface area contributed by atoms with E-state index in [-0.39, 0.29) is 0 Å². The van der Waals surface area contributed by atoms with Crippen LogP contribution in [-0.2, 0) is 24.3 Å². The Labute approximate surface area is 196 Å². The molecule has 5 N–H and O–H groups in total. The summed E-state index contributed by atoms with van der Waals surface area (Å²) in [5.74, 6) is 0.719. The Balaban J connectivity index is 1.57. The van der Waals surface area contributed by atoms with Gasteiger partial charge < -0.3 is 30.2 Å². The Hall–Kier alpha value is -3.73. The summed E-state index contributed by atoms with van der Waals surface area (Å²) in [6.07, 6.45) is 2.54. The molecule has 4 aromatic rings. The first-order valence-electron chi connectivity index (χ1n) is 11.0. The highest BCUT2D eigenvalue weighted by Gasteiger charge is 2.22. The monoisotopic (exact) mass is 457 g/mol. The number of hydrogen-bond donors (Lipinski definition) is 4. The molecule has 1 aliphatic heterocycles. The lowest BCUT2D eigenvalue weighted by Crippen LogP contribution is -2.30. The summed E-state index contributed by atoms with van der Waals surface area (Å²) < 4.78 is 7.44. The van der Waals surface area contributed by atoms with Gasteiger partial charge in [0.25, 0.3) is 5.91 Å². The van der Waals surface area contributed by atoms with Crippen molar-refractivity contribution in [2.75, 3.05) is 11.9 Å². The van der Waals surface area contributed by atoms with Crippen LogP contribution in [0.5, 0.6) is 0 Å². The first kappa shape index (κ1) is 22.1. The van der Waals surface area contributed by atoms with Crippen LogP contribution < -0.4 is 16.5 Å². The Kier molecular flexibility index (Phi) is 5.78. The maximum Gasteiger partial charge on any atom is 0.488 e. The maximum atomic E-state index is 11.9. The molecule has 4 heterocycles. The number of benzene rings is 1. The van der Waals surface area contributed by atoms with Gasteiger partial charge in [-0.3, -0.25) is 4.79 Å². The van der Waals surface area contributed by atoms with E-state index >= 15 is 0 Å². The number of aromatic nitrogens is 3. The average molecular weight is 457 g/mol. The molecule has 0 radical (unpaired) electrons. The number of anilines is 1. The van der Waals surface area contributed by atoms with Gasteiger partial charge in [-0.15, -0.1) is 0 Å². The fourth-order valence-corrected chi connectivity index (χ4v) is 4.35. The number of pyridine rings is 1. The topological polar surface area (TPSA) is 135 Å². The van der Waals surface area contributed by atoms with E-state index in [9.17, 15) is 14.8 Å². The molecule has 1 aliphatic rings. The fourth-order valence-electron chi connectivity index (χ4n) is 4.35. The number of rotatable bonds is 6. The summed E-state index contributed by atoms with van der Waals surface area (Å²) in [6.45, 7) is 3.39. The molecule has 0 bridgehead atoms. The molecular weight excluding hydrogens is 433 g/mol. The lowest BCUT2D eigenvalue weighted by Gasteiger charge is -2.20. The number of primary amides is 1. The molecule has 172 valence electrons. The number of fused-ring (bicyclic) bond motifs is 2. The minimum Gasteiger partial charge on any atom is -0.423 e. The van der Waals surface area contributed by atoms with Gasteiger partial charge in [0.1, 0.15) is 11.5 Å². The molecule has 0 saturated heterocycles. The predicted octanol–water partition coefficient (Wildman–Crippen LogP) is 1.17. The molecule has 0 saturated carbocycles. The number of nitrogens with two attached hydrogens (primary N) is 1. The normalized spacial score (nSPS) is 13.0. The van der Waals surface area contributed by atoms with Gasteiger partial charge in [0.15, 0.2) is 5.82 Å². The summed E-state index contributed by atoms with van der Waals surface area (Å²) in [4.78, 5) is 21.6. The third-order valence-corrected chi connectivity index (χ3v) is 6.01. The lowest BCUT2D eigenvalue weighted by molar-refractivity contribution is 0.0994. The van der Waals surface area contributed by atoms with Gasteiger partial charge >= 0.3 is 7.12 Å². The van der Waals surface area contributed by atoms with Gasteiger partial charge in [-0.25, -0.2) is 9.97 Å². The quantitative estimate of drug-likeness (QED) is 0.319. The Morgan fingerprint density at radius 3 is 2.85 bits per heavy atom. The second kappa shape index (κ2) is 8.90. The van der Waals surface area contributed by atoms with Crippen LogP contribution in [0, 0.1) is 6.92 Å². The zero-order valence-corrected chi connectivity index (χ0v) is 18.7. The first-order chi connectivity index (χ1) is 16.4. The Morgan fingerprint density at radius 2 is 2.06 bits per heavy atom. The van der Waals surface area contributed by atoms with Crippen LogP contribution in [0.2, 0.25) is 0 Å². The van der Waals surface area contributed by atoms with Gasteiger partial charge in [-0.05, 0) is 35.6 Å². The van der Waals surface area contributed by atoms with E-state index in [1.165, 1.54) is 0 Å². The molecule has 3 aromatic heterocycles. The van der Waals surface area contributed by atoms with E-state index in [0.717, 1.165) is 33.5 Å². The molecule has 1 amide bonds. The van der Waals surface area contributed by atoms with Crippen molar-refractivity contribution in [2.45, 2.75) is 26.5 Å². The summed E-state index contributed by atoms with van der Waals surface area (Å²) in [5.41, 5.74) is 11.7. The van der Waals surface area contributed by atoms with Crippen molar-refractivity contribution in [3.8, 4) is 11.4 Å². The smallest absolute Gasteiger partial charge is 0.423 e. The predicted molar refractivity (Wildman–Crippen MR) is 129 cm³/mol. The summed E-state index contributed by atoms with van der Waals surface area (Å²) in [7, 11) is -1.52. The zero-order chi connectivity index (χ0) is 23.8. The highest BCUT2D eigenvalue weighted by molar-refractivity contribution is 6.58. The lowest BCUT2D eigenvalue weighted by atomic mass is 9.79. The van der Waals surface area contributed by atoms with Gasteiger partial charge in [0, 0.05) is 30.3 Å². The number of amides is 1. The van der Waals surface area contributed by atoms with Crippen molar-refractivity contribution in [2.24, 2.45) is 5.73 Å². The number of nitrogens with one attached hydrogen (secondary N) is 1. The van der Waals surface area contributed by atoms with Crippen LogP contribution in [0.4, 0.5) is 5.82 Å². The minimum absolute atomic E-state index is 0.391. The van der Waals surface area contributed by atoms with Crippen molar-refractivity contribution in [3.63, 3.8) is 0 Å². The highest BCUT2D eigenvalue weighted by atomic mass is 16.5. The van der Waals surface area contributed by atoms with E-state index in [2.05, 4.69) is 5.32 Å². The third kappa shape index (κ3) is 4.03. The van der Waals surface area contributed by atoms with Crippen LogP contribution in [0.15, 0.2) is 48.7 Å². The number of ether oxygens (including phenoxy) is 1. The van der Waals surface area contributed by atoms with Crippen LogP contribution in [0.25, 0.3) is 16.9 Å². The summed E-state index contributed by atoms with van der Waals surface area (Å²) in [5, 5.41) is 22.3. The Morgan fingerprint density at radius 1 is 1.24 bits per heavy atom. The van der Waals surface area contributed by atoms with Crippen LogP contribution in [0.1, 0.15) is 32.9 Å². The van der Waals surface area contributed by atoms with Crippen LogP contribution in [0.3, 0.4) is 0 Å². The summed E-state index contributed by atoms with van der Waals surface area (Å²) >= 11 is 0. The van der Waals surface area contributed by atoms with E-state index in [1.54, 1.807) is 34.7 Å². The van der Waals surface area contributed by atoms with Gasteiger partial charge in [0.2, 0.25) is 0 Å². The fraction of sp³-hybridized carbons (Fsp3) is 0.208. The molecule has 34 heavy (non-hydrogen) atoms. The van der Waals surface area contributed by atoms with Crippen LogP contribution in [-0.4, -0.2) is 44.0 Å². The number of hydrogen-bond acceptors (Lipinski definition) is 7. The van der Waals surface area contributed by atoms with Crippen molar-refractivity contribution in [1.82, 2.24) is 14.4 Å². The third-order valence-electron chi connectivity index (χ3n) is 6.01. The molecular formula is C24H24BN5O4. The van der Waals surface area contributed by atoms with Crippen molar-refractivity contribution >= 4 is 29.8 Å². The molecule has 0 spiro atoms. The number of carbonyl (C=O) groups is 1. The second-order valence-electron chi connectivity index (χ2n) is 8.31. The molecule has 0 fully saturated rings. The van der Waals surface area contributed by atoms with Crippen molar-refractivity contribution in [1.29, 1.82) is 0 Å². The maximum absolute atomic E-state index is 11.9. The van der Waals surface area contributed by atoms with E-state index in [0.29, 0.717) is 49.0 Å². The van der Waals surface area contributed by atoms with Gasteiger partial charge in [0.05, 0.1) is 24.4 Å². The SMILES string of the molecule is Cc1cn2c(C(N)=O)cccc2c1-c1nc2c(c(NCc3cccc(B(O)O)c3)n1)COCC2. The standard InChI is InChI=1S/C24H24BN5O4/c1-14-12-30-19(6-3-7-20(30)22(26)31)21(14)24-28-18-8-9-34-13-17(18)23(29-24)27-11-15-4-2-5-16(10-15)25(32)33/h2-7,10,12,32-33H,8-9,11,13H2,1H3,(H2,26,31)(H,27,28,29). The highest BCUT2D eigenvalue weighted by Crippen LogP contribution is 2.32. The molecule has 10 heteroatoms. The molecule has 9 nitrogen and oxygen atoms in total. The molecule has 0 unspecified atom stereocenters. The molecule has 1 aromatic carbocycles. The zero-order valence-electron chi connectivity index (χ0n) is 18.7. The van der Waals surface area contributed by atoms with E-state index in [4.69, 9.17) is 20.4 Å². The molecule has 0 atom stereocenters. The molecule has 0 aliphatic carbocycles. The van der Waals surface area contributed by atoms with E-state index < -0.39 is 13.0 Å². The van der Waals surface area contributed by atoms with Crippen molar-refractivity contribution in [3.05, 3.63) is 76.7 Å². The molecule has 5 rings (SSSR count). The number of carbonyl (C=O) groups excluding carboxylic acids is 1. The van der Waals surface area contributed by atoms with Gasteiger partial charge in [-0.1, -0.05) is 30.3 Å². The van der Waals surface area contributed by atoms with Gasteiger partial charge in [-0.2, -0.15) is 0 Å². The summed E-state index contributed by atoms with van der Waals surface area (Å²) in [6, 6.07) is 12.5. The number of aryl methyl sites for hydroxylation is 1.